The van der Waals surface area contributed by atoms with Crippen LogP contribution in [-0.2, 0) is 14.3 Å². The predicted octanol–water partition coefficient (Wildman–Crippen LogP) is 2.96. The number of aliphatic carboxylic acids is 1. The third kappa shape index (κ3) is 3.64. The van der Waals surface area contributed by atoms with Crippen LogP contribution in [0.25, 0.3) is 0 Å². The molecule has 6 heteroatoms. The highest BCUT2D eigenvalue weighted by Gasteiger charge is 2.51. The van der Waals surface area contributed by atoms with Crippen molar-refractivity contribution in [1.82, 2.24) is 0 Å². The van der Waals surface area contributed by atoms with Crippen molar-refractivity contribution in [3.05, 3.63) is 42.0 Å². The molecule has 1 aromatic carbocycles. The van der Waals surface area contributed by atoms with E-state index >= 15 is 0 Å². The highest BCUT2D eigenvalue weighted by molar-refractivity contribution is 5.97. The zero-order valence-electron chi connectivity index (χ0n) is 14.8. The maximum Gasteiger partial charge on any atom is 0.338 e. The standard InChI is InChI=1S/C20H23NO5/c1-11(2)10-26-20(25)12-5-7-15(8-6-12)21-18(22)16-13-3-4-14(9-13)17(16)19(23)24/h3-8,11,13-14,16-17H,9-10H2,1-2H3,(H,21,22)(H,23,24)/t13-,14-,16+,17-/m0/s1. The van der Waals surface area contributed by atoms with Crippen LogP contribution in [0.1, 0.15) is 30.6 Å². The van der Waals surface area contributed by atoms with Crippen molar-refractivity contribution in [2.45, 2.75) is 20.3 Å². The predicted molar refractivity (Wildman–Crippen MR) is 95.5 cm³/mol. The number of hydrogen-bond donors (Lipinski definition) is 2. The Morgan fingerprint density at radius 1 is 1.12 bits per heavy atom. The molecule has 0 unspecified atom stereocenters. The Balaban J connectivity index is 1.64. The Morgan fingerprint density at radius 3 is 2.31 bits per heavy atom. The van der Waals surface area contributed by atoms with Gasteiger partial charge in [0.15, 0.2) is 0 Å². The number of carbonyl (C=O) groups is 3. The molecule has 3 rings (SSSR count). The SMILES string of the molecule is CC(C)COC(=O)c1ccc(NC(=O)[C@H]2[C@@H](C(=O)O)[C@H]3C=C[C@H]2C3)cc1. The minimum absolute atomic E-state index is 0.0219. The van der Waals surface area contributed by atoms with Crippen molar-refractivity contribution >= 4 is 23.5 Å². The van der Waals surface area contributed by atoms with Crippen LogP contribution in [0.15, 0.2) is 36.4 Å². The summed E-state index contributed by atoms with van der Waals surface area (Å²) in [6.45, 7) is 4.27. The van der Waals surface area contributed by atoms with Gasteiger partial charge in [-0.05, 0) is 48.4 Å². The molecule has 1 saturated carbocycles. The monoisotopic (exact) mass is 357 g/mol. The van der Waals surface area contributed by atoms with E-state index in [-0.39, 0.29) is 23.7 Å². The largest absolute Gasteiger partial charge is 0.481 e. The minimum atomic E-state index is -0.926. The van der Waals surface area contributed by atoms with Gasteiger partial charge in [-0.3, -0.25) is 9.59 Å². The normalized spacial score (nSPS) is 26.1. The number of rotatable bonds is 6. The Morgan fingerprint density at radius 2 is 1.73 bits per heavy atom. The molecule has 26 heavy (non-hydrogen) atoms. The van der Waals surface area contributed by atoms with E-state index in [1.165, 1.54) is 0 Å². The van der Waals surface area contributed by atoms with Crippen LogP contribution in [-0.4, -0.2) is 29.6 Å². The summed E-state index contributed by atoms with van der Waals surface area (Å²) in [5.41, 5.74) is 0.946. The molecule has 0 heterocycles. The molecule has 0 aliphatic heterocycles. The van der Waals surface area contributed by atoms with Crippen LogP contribution in [0, 0.1) is 29.6 Å². The lowest BCUT2D eigenvalue weighted by Crippen LogP contribution is -2.36. The zero-order valence-corrected chi connectivity index (χ0v) is 14.8. The van der Waals surface area contributed by atoms with Crippen LogP contribution in [0.5, 0.6) is 0 Å². The average molecular weight is 357 g/mol. The third-order valence-electron chi connectivity index (χ3n) is 4.98. The topological polar surface area (TPSA) is 92.7 Å². The molecule has 2 aliphatic rings. The zero-order chi connectivity index (χ0) is 18.8. The van der Waals surface area contributed by atoms with Gasteiger partial charge in [0, 0.05) is 5.69 Å². The fraction of sp³-hybridized carbons (Fsp3) is 0.450. The van der Waals surface area contributed by atoms with Gasteiger partial charge in [0.05, 0.1) is 24.0 Å². The number of nitrogens with one attached hydrogen (secondary N) is 1. The smallest absolute Gasteiger partial charge is 0.338 e. The molecule has 138 valence electrons. The second-order valence-corrected chi connectivity index (χ2v) is 7.40. The Kier molecular flexibility index (Phi) is 5.11. The van der Waals surface area contributed by atoms with E-state index in [0.717, 1.165) is 6.42 Å². The lowest BCUT2D eigenvalue weighted by molar-refractivity contribution is -0.146. The molecule has 0 aromatic heterocycles. The number of benzene rings is 1. The van der Waals surface area contributed by atoms with Gasteiger partial charge in [-0.1, -0.05) is 26.0 Å². The number of amides is 1. The quantitative estimate of drug-likeness (QED) is 0.603. The van der Waals surface area contributed by atoms with Gasteiger partial charge in [-0.2, -0.15) is 0 Å². The van der Waals surface area contributed by atoms with Crippen LogP contribution in [0.3, 0.4) is 0 Å². The second-order valence-electron chi connectivity index (χ2n) is 7.40. The van der Waals surface area contributed by atoms with Crippen LogP contribution < -0.4 is 5.32 Å². The number of esters is 1. The molecule has 2 N–H and O–H groups in total. The summed E-state index contributed by atoms with van der Waals surface area (Å²) >= 11 is 0. The summed E-state index contributed by atoms with van der Waals surface area (Å²) in [5.74, 6) is -2.67. The summed E-state index contributed by atoms with van der Waals surface area (Å²) in [6, 6.07) is 6.44. The molecule has 0 radical (unpaired) electrons. The first kappa shape index (κ1) is 18.2. The fourth-order valence-electron chi connectivity index (χ4n) is 3.76. The number of hydrogen-bond acceptors (Lipinski definition) is 4. The lowest BCUT2D eigenvalue weighted by atomic mass is 9.82. The summed E-state index contributed by atoms with van der Waals surface area (Å²) in [7, 11) is 0. The lowest BCUT2D eigenvalue weighted by Gasteiger charge is -2.23. The maximum absolute atomic E-state index is 12.6. The van der Waals surface area contributed by atoms with Crippen molar-refractivity contribution < 1.29 is 24.2 Å². The highest BCUT2D eigenvalue weighted by Crippen LogP contribution is 2.48. The number of carbonyl (C=O) groups excluding carboxylic acids is 2. The van der Waals surface area contributed by atoms with E-state index in [1.54, 1.807) is 24.3 Å². The summed E-state index contributed by atoms with van der Waals surface area (Å²) < 4.78 is 5.17. The molecule has 1 amide bonds. The second kappa shape index (κ2) is 7.32. The van der Waals surface area contributed by atoms with E-state index in [2.05, 4.69) is 5.32 Å². The summed E-state index contributed by atoms with van der Waals surface area (Å²) in [4.78, 5) is 36.1. The van der Waals surface area contributed by atoms with Gasteiger partial charge >= 0.3 is 11.9 Å². The molecule has 0 saturated heterocycles. The highest BCUT2D eigenvalue weighted by atomic mass is 16.5. The number of carboxylic acids is 1. The number of allylic oxidation sites excluding steroid dienone is 2. The van der Waals surface area contributed by atoms with Crippen LogP contribution >= 0.6 is 0 Å². The first-order valence-electron chi connectivity index (χ1n) is 8.86. The number of carboxylic acid groups (broad SMARTS) is 1. The van der Waals surface area contributed by atoms with Gasteiger partial charge in [0.1, 0.15) is 0 Å². The summed E-state index contributed by atoms with van der Waals surface area (Å²) in [6.07, 6.45) is 4.57. The Bertz CT molecular complexity index is 737. The van der Waals surface area contributed by atoms with E-state index in [4.69, 9.17) is 4.74 Å². The Hall–Kier alpha value is -2.63. The Labute approximate surface area is 152 Å². The van der Waals surface area contributed by atoms with Crippen molar-refractivity contribution in [2.75, 3.05) is 11.9 Å². The first-order valence-corrected chi connectivity index (χ1v) is 8.86. The molecule has 6 nitrogen and oxygen atoms in total. The molecule has 1 aromatic rings. The fourth-order valence-corrected chi connectivity index (χ4v) is 3.76. The maximum atomic E-state index is 12.6. The molecular formula is C20H23NO5. The first-order chi connectivity index (χ1) is 12.4. The minimum Gasteiger partial charge on any atom is -0.481 e. The van der Waals surface area contributed by atoms with Crippen molar-refractivity contribution in [3.8, 4) is 0 Å². The van der Waals surface area contributed by atoms with Crippen molar-refractivity contribution in [1.29, 1.82) is 0 Å². The third-order valence-corrected chi connectivity index (χ3v) is 4.98. The number of ether oxygens (including phenoxy) is 1. The van der Waals surface area contributed by atoms with Gasteiger partial charge < -0.3 is 15.2 Å². The molecule has 2 aliphatic carbocycles. The van der Waals surface area contributed by atoms with E-state index in [1.807, 2.05) is 26.0 Å². The van der Waals surface area contributed by atoms with Crippen LogP contribution in [0.4, 0.5) is 5.69 Å². The van der Waals surface area contributed by atoms with Gasteiger partial charge in [0.25, 0.3) is 0 Å². The average Bonchev–Trinajstić information content (AvgIpc) is 3.21. The van der Waals surface area contributed by atoms with Crippen molar-refractivity contribution in [3.63, 3.8) is 0 Å². The summed E-state index contributed by atoms with van der Waals surface area (Å²) in [5, 5.41) is 12.2. The number of anilines is 1. The molecular weight excluding hydrogens is 334 g/mol. The van der Waals surface area contributed by atoms with E-state index < -0.39 is 23.8 Å². The number of fused-ring (bicyclic) bond motifs is 2. The van der Waals surface area contributed by atoms with E-state index in [0.29, 0.717) is 17.9 Å². The molecule has 4 atom stereocenters. The van der Waals surface area contributed by atoms with Gasteiger partial charge in [0.2, 0.25) is 5.91 Å². The molecule has 1 fully saturated rings. The van der Waals surface area contributed by atoms with E-state index in [9.17, 15) is 19.5 Å². The van der Waals surface area contributed by atoms with Crippen molar-refractivity contribution in [2.24, 2.45) is 29.6 Å². The van der Waals surface area contributed by atoms with Gasteiger partial charge in [-0.15, -0.1) is 0 Å². The van der Waals surface area contributed by atoms with Gasteiger partial charge in [-0.25, -0.2) is 4.79 Å². The molecule has 0 spiro atoms. The van der Waals surface area contributed by atoms with Crippen LogP contribution in [0.2, 0.25) is 0 Å². The molecule has 2 bridgehead atoms.